The van der Waals surface area contributed by atoms with E-state index in [4.69, 9.17) is 0 Å². The minimum atomic E-state index is 0.954. The second kappa shape index (κ2) is 4.45. The number of nitrogens with zero attached hydrogens (tertiary/aromatic N) is 1. The van der Waals surface area contributed by atoms with Gasteiger partial charge in [-0.1, -0.05) is 19.8 Å². The smallest absolute Gasteiger partial charge is 0.000977 e. The Morgan fingerprint density at radius 1 is 1.08 bits per heavy atom. The Morgan fingerprint density at radius 3 is 2.54 bits per heavy atom. The van der Waals surface area contributed by atoms with E-state index in [1.807, 2.05) is 0 Å². The maximum Gasteiger partial charge on any atom is 0.000977 e. The zero-order chi connectivity index (χ0) is 9.10. The highest BCUT2D eigenvalue weighted by Gasteiger charge is 2.21. The first-order chi connectivity index (χ1) is 6.34. The summed E-state index contributed by atoms with van der Waals surface area (Å²) < 4.78 is 0. The minimum absolute atomic E-state index is 0.954. The third-order valence-corrected chi connectivity index (χ3v) is 3.73. The van der Waals surface area contributed by atoms with Gasteiger partial charge in [0.25, 0.3) is 0 Å². The van der Waals surface area contributed by atoms with Gasteiger partial charge >= 0.3 is 0 Å². The van der Waals surface area contributed by atoms with Gasteiger partial charge < -0.3 is 4.90 Å². The zero-order valence-electron chi connectivity index (χ0n) is 8.97. The third-order valence-electron chi connectivity index (χ3n) is 3.73. The average molecular weight is 181 g/mol. The largest absolute Gasteiger partial charge is 0.303 e. The fraction of sp³-hybridized carbons (Fsp3) is 1.00. The van der Waals surface area contributed by atoms with Crippen molar-refractivity contribution in [3.05, 3.63) is 0 Å². The Kier molecular flexibility index (Phi) is 3.26. The van der Waals surface area contributed by atoms with Crippen LogP contribution in [0.4, 0.5) is 0 Å². The molecular weight excluding hydrogens is 158 g/mol. The van der Waals surface area contributed by atoms with Crippen LogP contribution in [0.3, 0.4) is 0 Å². The fourth-order valence-corrected chi connectivity index (χ4v) is 3.01. The molecule has 0 unspecified atom stereocenters. The van der Waals surface area contributed by atoms with Gasteiger partial charge in [-0.15, -0.1) is 0 Å². The summed E-state index contributed by atoms with van der Waals surface area (Å²) in [5, 5.41) is 0. The Morgan fingerprint density at radius 2 is 1.85 bits per heavy atom. The number of piperidine rings is 1. The van der Waals surface area contributed by atoms with Crippen LogP contribution in [0, 0.1) is 11.8 Å². The third kappa shape index (κ3) is 2.70. The summed E-state index contributed by atoms with van der Waals surface area (Å²) in [7, 11) is 0. The molecule has 0 bridgehead atoms. The van der Waals surface area contributed by atoms with Crippen molar-refractivity contribution in [2.75, 3.05) is 19.6 Å². The summed E-state index contributed by atoms with van der Waals surface area (Å²) in [6.07, 6.45) is 8.90. The van der Waals surface area contributed by atoms with Crippen molar-refractivity contribution in [2.45, 2.75) is 45.4 Å². The topological polar surface area (TPSA) is 3.24 Å². The molecule has 0 aromatic heterocycles. The first-order valence-corrected chi connectivity index (χ1v) is 6.07. The summed E-state index contributed by atoms with van der Waals surface area (Å²) in [6.45, 7) is 6.56. The first kappa shape index (κ1) is 9.51. The van der Waals surface area contributed by atoms with Crippen molar-refractivity contribution in [2.24, 2.45) is 11.8 Å². The predicted molar refractivity (Wildman–Crippen MR) is 56.8 cm³/mol. The lowest BCUT2D eigenvalue weighted by Crippen LogP contribution is -2.37. The van der Waals surface area contributed by atoms with Crippen LogP contribution in [0.5, 0.6) is 0 Å². The Hall–Kier alpha value is -0.0400. The molecule has 0 amide bonds. The molecule has 1 saturated heterocycles. The van der Waals surface area contributed by atoms with Gasteiger partial charge in [-0.05, 0) is 44.1 Å². The Bertz CT molecular complexity index is 149. The second-order valence-corrected chi connectivity index (χ2v) is 5.16. The molecule has 0 radical (unpaired) electrons. The van der Waals surface area contributed by atoms with Crippen LogP contribution in [0.25, 0.3) is 0 Å². The summed E-state index contributed by atoms with van der Waals surface area (Å²) in [5.74, 6) is 2.00. The van der Waals surface area contributed by atoms with Crippen molar-refractivity contribution in [1.82, 2.24) is 4.90 Å². The van der Waals surface area contributed by atoms with Crippen LogP contribution < -0.4 is 0 Å². The molecule has 1 atom stereocenters. The van der Waals surface area contributed by atoms with Crippen molar-refractivity contribution < 1.29 is 0 Å². The molecule has 13 heavy (non-hydrogen) atoms. The molecule has 1 aliphatic carbocycles. The lowest BCUT2D eigenvalue weighted by atomic mass is 9.98. The standard InChI is InChI=1S/C12H23N/c1-11-5-4-8-13(9-11)10-12-6-2-3-7-12/h11-12H,2-10H2,1H3/t11-/m0/s1. The average Bonchev–Trinajstić information content (AvgIpc) is 2.57. The molecule has 76 valence electrons. The highest BCUT2D eigenvalue weighted by atomic mass is 15.1. The molecule has 1 saturated carbocycles. The summed E-state index contributed by atoms with van der Waals surface area (Å²) in [4.78, 5) is 2.71. The molecule has 2 fully saturated rings. The van der Waals surface area contributed by atoms with E-state index in [1.54, 1.807) is 0 Å². The van der Waals surface area contributed by atoms with Gasteiger partial charge in [-0.3, -0.25) is 0 Å². The number of likely N-dealkylation sites (tertiary alicyclic amines) is 1. The molecule has 1 nitrogen and oxygen atoms in total. The summed E-state index contributed by atoms with van der Waals surface area (Å²) in [5.41, 5.74) is 0. The first-order valence-electron chi connectivity index (χ1n) is 6.07. The van der Waals surface area contributed by atoms with Gasteiger partial charge in [0.2, 0.25) is 0 Å². The summed E-state index contributed by atoms with van der Waals surface area (Å²) in [6, 6.07) is 0. The van der Waals surface area contributed by atoms with Crippen LogP contribution in [-0.2, 0) is 0 Å². The molecule has 0 aromatic carbocycles. The van der Waals surface area contributed by atoms with E-state index in [2.05, 4.69) is 11.8 Å². The highest BCUT2D eigenvalue weighted by Crippen LogP contribution is 2.27. The number of hydrogen-bond acceptors (Lipinski definition) is 1. The molecule has 0 spiro atoms. The maximum absolute atomic E-state index is 2.71. The molecule has 0 aromatic rings. The van der Waals surface area contributed by atoms with Crippen molar-refractivity contribution >= 4 is 0 Å². The van der Waals surface area contributed by atoms with E-state index in [0.717, 1.165) is 11.8 Å². The molecule has 2 aliphatic rings. The molecule has 1 heterocycles. The van der Waals surface area contributed by atoms with Gasteiger partial charge in [0.1, 0.15) is 0 Å². The summed E-state index contributed by atoms with van der Waals surface area (Å²) >= 11 is 0. The van der Waals surface area contributed by atoms with Crippen LogP contribution in [0.1, 0.15) is 45.4 Å². The van der Waals surface area contributed by atoms with Gasteiger partial charge in [0.15, 0.2) is 0 Å². The minimum Gasteiger partial charge on any atom is -0.303 e. The Balaban J connectivity index is 1.73. The molecule has 1 aliphatic heterocycles. The van der Waals surface area contributed by atoms with Crippen molar-refractivity contribution in [1.29, 1.82) is 0 Å². The number of rotatable bonds is 2. The van der Waals surface area contributed by atoms with Crippen LogP contribution in [-0.4, -0.2) is 24.5 Å². The highest BCUT2D eigenvalue weighted by molar-refractivity contribution is 4.75. The van der Waals surface area contributed by atoms with Gasteiger partial charge in [0.05, 0.1) is 0 Å². The lowest BCUT2D eigenvalue weighted by molar-refractivity contribution is 0.160. The van der Waals surface area contributed by atoms with E-state index in [0.29, 0.717) is 0 Å². The Labute approximate surface area is 82.5 Å². The quantitative estimate of drug-likeness (QED) is 0.633. The predicted octanol–water partition coefficient (Wildman–Crippen LogP) is 2.91. The van der Waals surface area contributed by atoms with E-state index in [-0.39, 0.29) is 0 Å². The second-order valence-electron chi connectivity index (χ2n) is 5.16. The SMILES string of the molecule is C[C@H]1CCCN(CC2CCCC2)C1. The van der Waals surface area contributed by atoms with Gasteiger partial charge in [0, 0.05) is 13.1 Å². The fourth-order valence-electron chi connectivity index (χ4n) is 3.01. The monoisotopic (exact) mass is 181 g/mol. The molecule has 1 heteroatoms. The van der Waals surface area contributed by atoms with E-state index in [9.17, 15) is 0 Å². The van der Waals surface area contributed by atoms with Gasteiger partial charge in [-0.25, -0.2) is 0 Å². The lowest BCUT2D eigenvalue weighted by Gasteiger charge is -2.32. The zero-order valence-corrected chi connectivity index (χ0v) is 8.97. The molecular formula is C12H23N. The molecule has 0 N–H and O–H groups in total. The van der Waals surface area contributed by atoms with Gasteiger partial charge in [-0.2, -0.15) is 0 Å². The van der Waals surface area contributed by atoms with E-state index < -0.39 is 0 Å². The van der Waals surface area contributed by atoms with Crippen LogP contribution in [0.2, 0.25) is 0 Å². The van der Waals surface area contributed by atoms with E-state index >= 15 is 0 Å². The van der Waals surface area contributed by atoms with Crippen LogP contribution >= 0.6 is 0 Å². The van der Waals surface area contributed by atoms with Crippen molar-refractivity contribution in [3.63, 3.8) is 0 Å². The van der Waals surface area contributed by atoms with E-state index in [1.165, 1.54) is 58.2 Å². The van der Waals surface area contributed by atoms with Crippen LogP contribution in [0.15, 0.2) is 0 Å². The normalized spacial score (nSPS) is 32.5. The maximum atomic E-state index is 2.71. The van der Waals surface area contributed by atoms with Crippen molar-refractivity contribution in [3.8, 4) is 0 Å². The molecule has 2 rings (SSSR count). The number of hydrogen-bond donors (Lipinski definition) is 0.